The lowest BCUT2D eigenvalue weighted by Gasteiger charge is -2.20. The van der Waals surface area contributed by atoms with Crippen LogP contribution in [0.1, 0.15) is 25.8 Å². The molecule has 114 valence electrons. The van der Waals surface area contributed by atoms with Crippen LogP contribution in [0.2, 0.25) is 0 Å². The van der Waals surface area contributed by atoms with Crippen molar-refractivity contribution < 1.29 is 14.7 Å². The fourth-order valence-electron chi connectivity index (χ4n) is 2.45. The fourth-order valence-corrected chi connectivity index (χ4v) is 2.45. The number of nitrogens with zero attached hydrogens (tertiary/aromatic N) is 1. The lowest BCUT2D eigenvalue weighted by atomic mass is 10.1. The molecular weight excluding hydrogens is 268 g/mol. The maximum atomic E-state index is 12.1. The molecule has 1 aliphatic carbocycles. The van der Waals surface area contributed by atoms with E-state index < -0.39 is 11.9 Å². The third-order valence-corrected chi connectivity index (χ3v) is 4.01. The van der Waals surface area contributed by atoms with Crippen LogP contribution in [0.3, 0.4) is 0 Å². The first-order valence-electron chi connectivity index (χ1n) is 7.40. The van der Waals surface area contributed by atoms with Crippen molar-refractivity contribution in [2.75, 3.05) is 18.4 Å². The Morgan fingerprint density at radius 3 is 2.48 bits per heavy atom. The number of para-hydroxylation sites is 1. The second-order valence-electron chi connectivity index (χ2n) is 5.39. The minimum atomic E-state index is -0.883. The van der Waals surface area contributed by atoms with E-state index >= 15 is 0 Å². The van der Waals surface area contributed by atoms with Crippen LogP contribution >= 0.6 is 0 Å². The predicted octanol–water partition coefficient (Wildman–Crippen LogP) is 2.19. The van der Waals surface area contributed by atoms with E-state index in [-0.39, 0.29) is 11.8 Å². The summed E-state index contributed by atoms with van der Waals surface area (Å²) >= 11 is 0. The summed E-state index contributed by atoms with van der Waals surface area (Å²) in [7, 11) is 0. The van der Waals surface area contributed by atoms with Gasteiger partial charge >= 0.3 is 5.97 Å². The molecule has 2 N–H and O–H groups in total. The molecule has 1 amide bonds. The van der Waals surface area contributed by atoms with Gasteiger partial charge in [0.1, 0.15) is 0 Å². The van der Waals surface area contributed by atoms with Gasteiger partial charge in [-0.2, -0.15) is 0 Å². The summed E-state index contributed by atoms with van der Waals surface area (Å²) in [5, 5.41) is 11.8. The molecule has 0 bridgehead atoms. The van der Waals surface area contributed by atoms with Gasteiger partial charge in [0.15, 0.2) is 0 Å². The standard InChI is InChI=1S/C16H22N2O3/c1-3-18(4-2)10-11-7-5-6-8-14(11)17-15(19)12-9-13(12)16(20)21/h5-8,12-13H,3-4,9-10H2,1-2H3,(H,17,19)(H,20,21)/t12-,13+/m1/s1. The minimum Gasteiger partial charge on any atom is -0.481 e. The van der Waals surface area contributed by atoms with Gasteiger partial charge in [0.05, 0.1) is 11.8 Å². The van der Waals surface area contributed by atoms with E-state index in [4.69, 9.17) is 5.11 Å². The van der Waals surface area contributed by atoms with Crippen LogP contribution in [0, 0.1) is 11.8 Å². The van der Waals surface area contributed by atoms with Gasteiger partial charge in [0.2, 0.25) is 5.91 Å². The molecule has 0 aliphatic heterocycles. The van der Waals surface area contributed by atoms with Gasteiger partial charge < -0.3 is 10.4 Å². The third-order valence-electron chi connectivity index (χ3n) is 4.01. The summed E-state index contributed by atoms with van der Waals surface area (Å²) in [6.45, 7) is 6.88. The number of carbonyl (C=O) groups excluding carboxylic acids is 1. The molecule has 0 unspecified atom stereocenters. The molecule has 5 nitrogen and oxygen atoms in total. The maximum Gasteiger partial charge on any atom is 0.307 e. The van der Waals surface area contributed by atoms with Gasteiger partial charge in [-0.1, -0.05) is 32.0 Å². The normalized spacial score (nSPS) is 20.3. The quantitative estimate of drug-likeness (QED) is 0.807. The first-order valence-corrected chi connectivity index (χ1v) is 7.40. The molecule has 21 heavy (non-hydrogen) atoms. The number of amides is 1. The third kappa shape index (κ3) is 3.82. The summed E-state index contributed by atoms with van der Waals surface area (Å²) in [5.41, 5.74) is 1.84. The first kappa shape index (κ1) is 15.5. The number of nitrogens with one attached hydrogen (secondary N) is 1. The van der Waals surface area contributed by atoms with Gasteiger partial charge in [-0.05, 0) is 31.1 Å². The Kier molecular flexibility index (Phi) is 4.96. The number of hydrogen-bond donors (Lipinski definition) is 2. The van der Waals surface area contributed by atoms with E-state index in [0.717, 1.165) is 30.9 Å². The summed E-state index contributed by atoms with van der Waals surface area (Å²) in [6, 6.07) is 7.69. The highest BCUT2D eigenvalue weighted by Crippen LogP contribution is 2.39. The molecule has 0 heterocycles. The van der Waals surface area contributed by atoms with Crippen molar-refractivity contribution in [1.29, 1.82) is 0 Å². The lowest BCUT2D eigenvalue weighted by Crippen LogP contribution is -2.24. The van der Waals surface area contributed by atoms with E-state index in [2.05, 4.69) is 24.1 Å². The van der Waals surface area contributed by atoms with Gasteiger partial charge in [-0.25, -0.2) is 0 Å². The molecule has 1 aromatic rings. The molecule has 0 spiro atoms. The Bertz CT molecular complexity index is 526. The minimum absolute atomic E-state index is 0.186. The number of anilines is 1. The molecule has 1 aliphatic rings. The average Bonchev–Trinajstić information content (AvgIpc) is 3.27. The molecule has 2 rings (SSSR count). The summed E-state index contributed by atoms with van der Waals surface area (Å²) in [5.74, 6) is -1.97. The molecule has 1 saturated carbocycles. The molecule has 0 aromatic heterocycles. The number of rotatable bonds is 7. The topological polar surface area (TPSA) is 69.6 Å². The smallest absolute Gasteiger partial charge is 0.307 e. The number of carbonyl (C=O) groups is 2. The summed E-state index contributed by atoms with van der Waals surface area (Å²) in [6.07, 6.45) is 0.444. The summed E-state index contributed by atoms with van der Waals surface area (Å²) in [4.78, 5) is 25.2. The van der Waals surface area contributed by atoms with Crippen molar-refractivity contribution in [1.82, 2.24) is 4.90 Å². The van der Waals surface area contributed by atoms with Crippen LogP contribution in [-0.4, -0.2) is 35.0 Å². The Morgan fingerprint density at radius 2 is 1.90 bits per heavy atom. The molecular formula is C16H22N2O3. The Balaban J connectivity index is 2.03. The molecule has 0 radical (unpaired) electrons. The van der Waals surface area contributed by atoms with Crippen molar-refractivity contribution in [3.8, 4) is 0 Å². The van der Waals surface area contributed by atoms with Crippen LogP contribution in [0.5, 0.6) is 0 Å². The van der Waals surface area contributed by atoms with Gasteiger partial charge in [0.25, 0.3) is 0 Å². The Morgan fingerprint density at radius 1 is 1.24 bits per heavy atom. The molecule has 1 fully saturated rings. The molecule has 0 saturated heterocycles. The first-order chi connectivity index (χ1) is 10.1. The van der Waals surface area contributed by atoms with Crippen LogP contribution in [0.25, 0.3) is 0 Å². The van der Waals surface area contributed by atoms with Crippen molar-refractivity contribution in [3.05, 3.63) is 29.8 Å². The highest BCUT2D eigenvalue weighted by molar-refractivity contribution is 5.98. The molecule has 5 heteroatoms. The molecule has 2 atom stereocenters. The van der Waals surface area contributed by atoms with Crippen molar-refractivity contribution >= 4 is 17.6 Å². The van der Waals surface area contributed by atoms with Crippen LogP contribution in [-0.2, 0) is 16.1 Å². The van der Waals surface area contributed by atoms with Gasteiger partial charge in [-0.3, -0.25) is 14.5 Å². The van der Waals surface area contributed by atoms with E-state index in [1.807, 2.05) is 24.3 Å². The van der Waals surface area contributed by atoms with E-state index in [0.29, 0.717) is 6.42 Å². The van der Waals surface area contributed by atoms with E-state index in [9.17, 15) is 9.59 Å². The number of carboxylic acids is 1. The Labute approximate surface area is 125 Å². The van der Waals surface area contributed by atoms with Crippen LogP contribution < -0.4 is 5.32 Å². The predicted molar refractivity (Wildman–Crippen MR) is 80.9 cm³/mol. The second-order valence-corrected chi connectivity index (χ2v) is 5.39. The fraction of sp³-hybridized carbons (Fsp3) is 0.500. The van der Waals surface area contributed by atoms with Crippen molar-refractivity contribution in [2.45, 2.75) is 26.8 Å². The highest BCUT2D eigenvalue weighted by atomic mass is 16.4. The number of aliphatic carboxylic acids is 1. The number of hydrogen-bond acceptors (Lipinski definition) is 3. The SMILES string of the molecule is CCN(CC)Cc1ccccc1NC(=O)[C@@H]1C[C@@H]1C(=O)O. The summed E-state index contributed by atoms with van der Waals surface area (Å²) < 4.78 is 0. The zero-order valence-electron chi connectivity index (χ0n) is 12.5. The zero-order valence-corrected chi connectivity index (χ0v) is 12.5. The highest BCUT2D eigenvalue weighted by Gasteiger charge is 2.48. The van der Waals surface area contributed by atoms with Crippen molar-refractivity contribution in [2.24, 2.45) is 11.8 Å². The van der Waals surface area contributed by atoms with E-state index in [1.165, 1.54) is 0 Å². The zero-order chi connectivity index (χ0) is 15.4. The van der Waals surface area contributed by atoms with Gasteiger partial charge in [-0.15, -0.1) is 0 Å². The molecule has 1 aromatic carbocycles. The lowest BCUT2D eigenvalue weighted by molar-refractivity contribution is -0.139. The largest absolute Gasteiger partial charge is 0.481 e. The average molecular weight is 290 g/mol. The number of benzene rings is 1. The monoisotopic (exact) mass is 290 g/mol. The Hall–Kier alpha value is -1.88. The second kappa shape index (κ2) is 6.72. The van der Waals surface area contributed by atoms with Crippen LogP contribution in [0.4, 0.5) is 5.69 Å². The van der Waals surface area contributed by atoms with Crippen molar-refractivity contribution in [3.63, 3.8) is 0 Å². The van der Waals surface area contributed by atoms with Gasteiger partial charge in [0, 0.05) is 12.2 Å². The van der Waals surface area contributed by atoms with Crippen LogP contribution in [0.15, 0.2) is 24.3 Å². The number of carboxylic acid groups (broad SMARTS) is 1. The maximum absolute atomic E-state index is 12.1. The van der Waals surface area contributed by atoms with E-state index in [1.54, 1.807) is 0 Å².